The number of hydrogen-bond acceptors (Lipinski definition) is 6. The fourth-order valence-electron chi connectivity index (χ4n) is 2.77. The molecular weight excluding hydrogens is 417 g/mol. The molecule has 27 heavy (non-hydrogen) atoms. The number of halogens is 2. The Morgan fingerprint density at radius 3 is 2.48 bits per heavy atom. The zero-order chi connectivity index (χ0) is 20.0. The molecule has 1 amide bonds. The summed E-state index contributed by atoms with van der Waals surface area (Å²) in [5.41, 5.74) is -0.267. The number of nitro groups is 1. The van der Waals surface area contributed by atoms with Gasteiger partial charge in [0.15, 0.2) is 4.90 Å². The summed E-state index contributed by atoms with van der Waals surface area (Å²) in [5.74, 6) is -1.13. The van der Waals surface area contributed by atoms with Crippen molar-refractivity contribution in [3.63, 3.8) is 0 Å². The second-order valence-electron chi connectivity index (χ2n) is 5.59. The fourth-order valence-corrected chi connectivity index (χ4v) is 5.40. The van der Waals surface area contributed by atoms with Crippen LogP contribution in [0.4, 0.5) is 5.69 Å². The number of sulfonamides is 1. The highest BCUT2D eigenvalue weighted by atomic mass is 35.5. The Kier molecular flexibility index (Phi) is 4.59. The number of nitro benzene ring substituents is 1. The van der Waals surface area contributed by atoms with Gasteiger partial charge in [-0.1, -0.05) is 47.5 Å². The Morgan fingerprint density at radius 2 is 1.85 bits per heavy atom. The SMILES string of the molecule is N#Cc1cccc(C2N(S(=O)(=O)c3ccccc3[N+](=O)[O-])C(=O)C2(Cl)Cl)c1. The third-order valence-corrected chi connectivity index (χ3v) is 6.53. The van der Waals surface area contributed by atoms with Gasteiger partial charge in [0.2, 0.25) is 4.33 Å². The van der Waals surface area contributed by atoms with Crippen molar-refractivity contribution in [2.24, 2.45) is 0 Å². The van der Waals surface area contributed by atoms with E-state index in [4.69, 9.17) is 28.5 Å². The zero-order valence-corrected chi connectivity index (χ0v) is 15.6. The van der Waals surface area contributed by atoms with Gasteiger partial charge < -0.3 is 0 Å². The Labute approximate surface area is 163 Å². The van der Waals surface area contributed by atoms with Gasteiger partial charge in [-0.25, -0.2) is 12.7 Å². The molecule has 11 heteroatoms. The lowest BCUT2D eigenvalue weighted by atomic mass is 9.94. The summed E-state index contributed by atoms with van der Waals surface area (Å²) in [5, 5.41) is 20.2. The van der Waals surface area contributed by atoms with Gasteiger partial charge in [0, 0.05) is 6.07 Å². The van der Waals surface area contributed by atoms with Gasteiger partial charge in [-0.3, -0.25) is 14.9 Å². The first-order valence-electron chi connectivity index (χ1n) is 7.32. The molecule has 8 nitrogen and oxygen atoms in total. The smallest absolute Gasteiger partial charge is 0.270 e. The molecule has 138 valence electrons. The van der Waals surface area contributed by atoms with Crippen LogP contribution in [0.2, 0.25) is 0 Å². The molecule has 0 spiro atoms. The molecule has 0 bridgehead atoms. The topological polar surface area (TPSA) is 121 Å². The normalized spacial score (nSPS) is 18.5. The first kappa shape index (κ1) is 19.1. The minimum atomic E-state index is -4.62. The van der Waals surface area contributed by atoms with Gasteiger partial charge in [-0.2, -0.15) is 5.26 Å². The molecule has 0 aromatic heterocycles. The number of carbonyl (C=O) groups excluding carboxylic acids is 1. The van der Waals surface area contributed by atoms with Crippen molar-refractivity contribution in [3.8, 4) is 6.07 Å². The third kappa shape index (κ3) is 2.92. The molecule has 1 aliphatic rings. The van der Waals surface area contributed by atoms with E-state index in [0.29, 0.717) is 4.31 Å². The minimum absolute atomic E-state index is 0.207. The van der Waals surface area contributed by atoms with Crippen LogP contribution in [-0.2, 0) is 14.8 Å². The molecule has 1 aliphatic heterocycles. The molecule has 2 aromatic rings. The van der Waals surface area contributed by atoms with Gasteiger partial charge in [0.25, 0.3) is 21.6 Å². The molecule has 0 radical (unpaired) electrons. The first-order chi connectivity index (χ1) is 12.6. The largest absolute Gasteiger partial charge is 0.289 e. The van der Waals surface area contributed by atoms with Crippen LogP contribution in [0.15, 0.2) is 53.4 Å². The van der Waals surface area contributed by atoms with Crippen molar-refractivity contribution in [3.05, 3.63) is 69.8 Å². The fraction of sp³-hybridized carbons (Fsp3) is 0.125. The number of β-lactam (4-membered cyclic amide) rings is 1. The number of hydrogen-bond donors (Lipinski definition) is 0. The van der Waals surface area contributed by atoms with Gasteiger partial charge in [0.1, 0.15) is 6.04 Å². The Morgan fingerprint density at radius 1 is 1.19 bits per heavy atom. The number of benzene rings is 2. The van der Waals surface area contributed by atoms with Crippen LogP contribution in [0, 0.1) is 21.4 Å². The summed E-state index contributed by atoms with van der Waals surface area (Å²) in [4.78, 5) is 22.0. The van der Waals surface area contributed by atoms with E-state index in [-0.39, 0.29) is 11.1 Å². The maximum atomic E-state index is 13.0. The van der Waals surface area contributed by atoms with Crippen molar-refractivity contribution < 1.29 is 18.1 Å². The lowest BCUT2D eigenvalue weighted by Crippen LogP contribution is -2.64. The molecule has 0 saturated carbocycles. The van der Waals surface area contributed by atoms with E-state index in [1.165, 1.54) is 36.4 Å². The monoisotopic (exact) mass is 425 g/mol. The summed E-state index contributed by atoms with van der Waals surface area (Å²) in [6, 6.07) is 10.9. The maximum Gasteiger partial charge on any atom is 0.289 e. The van der Waals surface area contributed by atoms with E-state index in [1.807, 2.05) is 6.07 Å². The number of rotatable bonds is 4. The summed E-state index contributed by atoms with van der Waals surface area (Å²) >= 11 is 12.1. The average molecular weight is 426 g/mol. The number of amides is 1. The molecule has 2 aromatic carbocycles. The van der Waals surface area contributed by atoms with Crippen LogP contribution in [0.1, 0.15) is 17.2 Å². The minimum Gasteiger partial charge on any atom is -0.270 e. The van der Waals surface area contributed by atoms with Crippen LogP contribution in [0.25, 0.3) is 0 Å². The number of carbonyl (C=O) groups is 1. The second kappa shape index (κ2) is 6.49. The summed E-state index contributed by atoms with van der Waals surface area (Å²) in [6.07, 6.45) is 0. The highest BCUT2D eigenvalue weighted by Crippen LogP contribution is 2.53. The molecule has 1 saturated heterocycles. The highest BCUT2D eigenvalue weighted by Gasteiger charge is 2.65. The number of nitrogens with zero attached hydrogens (tertiary/aromatic N) is 3. The lowest BCUT2D eigenvalue weighted by molar-refractivity contribution is -0.387. The van der Waals surface area contributed by atoms with Crippen LogP contribution in [0.5, 0.6) is 0 Å². The van der Waals surface area contributed by atoms with Crippen molar-refractivity contribution in [1.29, 1.82) is 5.26 Å². The Hall–Kier alpha value is -2.67. The van der Waals surface area contributed by atoms with Crippen LogP contribution in [-0.4, -0.2) is 27.9 Å². The third-order valence-electron chi connectivity index (χ3n) is 3.99. The van der Waals surface area contributed by atoms with Gasteiger partial charge >= 0.3 is 0 Å². The van der Waals surface area contributed by atoms with E-state index in [2.05, 4.69) is 0 Å². The number of nitriles is 1. The van der Waals surface area contributed by atoms with Gasteiger partial charge in [0.05, 0.1) is 16.6 Å². The first-order valence-corrected chi connectivity index (χ1v) is 9.52. The summed E-state index contributed by atoms with van der Waals surface area (Å²) < 4.78 is 24.3. The second-order valence-corrected chi connectivity index (χ2v) is 8.76. The summed E-state index contributed by atoms with van der Waals surface area (Å²) in [7, 11) is -4.62. The van der Waals surface area contributed by atoms with Gasteiger partial charge in [-0.05, 0) is 23.8 Å². The highest BCUT2D eigenvalue weighted by molar-refractivity contribution is 7.90. The predicted octanol–water partition coefficient (Wildman–Crippen LogP) is 2.91. The zero-order valence-electron chi connectivity index (χ0n) is 13.2. The standard InChI is InChI=1S/C16H9Cl2N3O5S/c17-16(18)14(11-5-3-4-10(8-11)9-19)20(15(16)22)27(25,26)13-7-2-1-6-12(13)21(23)24/h1-8,14H. The van der Waals surface area contributed by atoms with E-state index in [1.54, 1.807) is 0 Å². The molecular formula is C16H9Cl2N3O5S. The molecule has 1 atom stereocenters. The van der Waals surface area contributed by atoms with Gasteiger partial charge in [-0.15, -0.1) is 0 Å². The van der Waals surface area contributed by atoms with Crippen molar-refractivity contribution in [2.45, 2.75) is 15.3 Å². The van der Waals surface area contributed by atoms with Crippen LogP contribution < -0.4 is 0 Å². The van der Waals surface area contributed by atoms with Crippen molar-refractivity contribution in [2.75, 3.05) is 0 Å². The molecule has 0 aliphatic carbocycles. The Balaban J connectivity index is 2.16. The number of para-hydroxylation sites is 1. The Bertz CT molecular complexity index is 1110. The molecule has 1 heterocycles. The number of alkyl halides is 2. The predicted molar refractivity (Wildman–Crippen MR) is 95.5 cm³/mol. The molecule has 1 fully saturated rings. The van der Waals surface area contributed by atoms with E-state index >= 15 is 0 Å². The summed E-state index contributed by atoms with van der Waals surface area (Å²) in [6.45, 7) is 0. The van der Waals surface area contributed by atoms with Crippen LogP contribution >= 0.6 is 23.2 Å². The van der Waals surface area contributed by atoms with Crippen molar-refractivity contribution >= 4 is 44.8 Å². The molecule has 1 unspecified atom stereocenters. The van der Waals surface area contributed by atoms with E-state index in [0.717, 1.165) is 12.1 Å². The van der Waals surface area contributed by atoms with E-state index < -0.39 is 41.8 Å². The molecule has 3 rings (SSSR count). The van der Waals surface area contributed by atoms with Crippen LogP contribution in [0.3, 0.4) is 0 Å². The molecule has 0 N–H and O–H groups in total. The van der Waals surface area contributed by atoms with Crippen molar-refractivity contribution in [1.82, 2.24) is 4.31 Å². The average Bonchev–Trinajstić information content (AvgIpc) is 2.65. The maximum absolute atomic E-state index is 13.0. The van der Waals surface area contributed by atoms with E-state index in [9.17, 15) is 23.3 Å². The lowest BCUT2D eigenvalue weighted by Gasteiger charge is -2.47. The quantitative estimate of drug-likeness (QED) is 0.321.